The molecule has 0 amide bonds. The molecule has 0 spiro atoms. The van der Waals surface area contributed by atoms with E-state index >= 15 is 0 Å². The van der Waals surface area contributed by atoms with Crippen LogP contribution in [-0.2, 0) is 0 Å². The van der Waals surface area contributed by atoms with E-state index in [1.54, 1.807) is 0 Å². The number of halogens is 2. The minimum atomic E-state index is -0.892. The van der Waals surface area contributed by atoms with Crippen LogP contribution in [0.3, 0.4) is 0 Å². The number of hydrogen-bond acceptors (Lipinski definition) is 1. The lowest BCUT2D eigenvalue weighted by molar-refractivity contribution is 0.509. The van der Waals surface area contributed by atoms with Gasteiger partial charge in [0.25, 0.3) is 0 Å². The molecule has 0 bridgehead atoms. The van der Waals surface area contributed by atoms with Gasteiger partial charge in [-0.1, -0.05) is 60.7 Å². The van der Waals surface area contributed by atoms with Gasteiger partial charge in [-0.05, 0) is 18.2 Å². The maximum absolute atomic E-state index is 13.6. The van der Waals surface area contributed by atoms with E-state index in [9.17, 15) is 8.78 Å². The van der Waals surface area contributed by atoms with Gasteiger partial charge >= 0.3 is 0 Å². The molecule has 0 radical (unpaired) electrons. The molecule has 25 heavy (non-hydrogen) atoms. The topological polar surface area (TPSA) is 28.7 Å². The molecule has 4 aromatic rings. The predicted octanol–water partition coefficient (Wildman–Crippen LogP) is 5.69. The van der Waals surface area contributed by atoms with E-state index in [0.29, 0.717) is 11.4 Å². The predicted molar refractivity (Wildman–Crippen MR) is 94.8 cm³/mol. The second kappa shape index (κ2) is 6.32. The first kappa shape index (κ1) is 15.3. The molecule has 4 rings (SSSR count). The second-order valence-corrected chi connectivity index (χ2v) is 5.67. The maximum atomic E-state index is 13.6. The highest BCUT2D eigenvalue weighted by atomic mass is 19.2. The Balaban J connectivity index is 1.90. The Bertz CT molecular complexity index is 952. The summed E-state index contributed by atoms with van der Waals surface area (Å²) in [5.74, 6) is -1.27. The van der Waals surface area contributed by atoms with Crippen molar-refractivity contribution in [3.8, 4) is 33.9 Å². The van der Waals surface area contributed by atoms with Crippen LogP contribution in [0.4, 0.5) is 8.78 Å². The highest BCUT2D eigenvalue weighted by Crippen LogP contribution is 2.33. The lowest BCUT2D eigenvalue weighted by Crippen LogP contribution is -1.87. The molecule has 122 valence electrons. The first-order valence-corrected chi connectivity index (χ1v) is 7.88. The average Bonchev–Trinajstić information content (AvgIpc) is 3.11. The Morgan fingerprint density at radius 1 is 0.640 bits per heavy atom. The van der Waals surface area contributed by atoms with Gasteiger partial charge in [0, 0.05) is 16.7 Å². The van der Waals surface area contributed by atoms with E-state index < -0.39 is 11.6 Å². The first-order valence-electron chi connectivity index (χ1n) is 7.88. The molecule has 0 fully saturated rings. The van der Waals surface area contributed by atoms with Crippen LogP contribution in [0, 0.1) is 11.6 Å². The van der Waals surface area contributed by atoms with Crippen molar-refractivity contribution in [2.45, 2.75) is 0 Å². The second-order valence-electron chi connectivity index (χ2n) is 5.67. The first-order chi connectivity index (χ1) is 12.2. The largest absolute Gasteiger partial charge is 0.337 e. The zero-order valence-corrected chi connectivity index (χ0v) is 13.2. The molecule has 0 saturated carbocycles. The highest BCUT2D eigenvalue weighted by Gasteiger charge is 2.16. The van der Waals surface area contributed by atoms with Crippen LogP contribution in [0.1, 0.15) is 0 Å². The van der Waals surface area contributed by atoms with Gasteiger partial charge in [-0.3, -0.25) is 0 Å². The van der Waals surface area contributed by atoms with Gasteiger partial charge in [0.05, 0.1) is 11.4 Å². The molecule has 3 aromatic carbocycles. The van der Waals surface area contributed by atoms with E-state index in [-0.39, 0.29) is 0 Å². The summed E-state index contributed by atoms with van der Waals surface area (Å²) in [4.78, 5) is 7.91. The third-order valence-electron chi connectivity index (χ3n) is 4.01. The van der Waals surface area contributed by atoms with Crippen LogP contribution in [0.15, 0.2) is 78.9 Å². The highest BCUT2D eigenvalue weighted by molar-refractivity contribution is 5.81. The molecule has 0 unspecified atom stereocenters. The summed E-state index contributed by atoms with van der Waals surface area (Å²) >= 11 is 0. The summed E-state index contributed by atoms with van der Waals surface area (Å²) in [6.45, 7) is 0. The average molecular weight is 332 g/mol. The summed E-state index contributed by atoms with van der Waals surface area (Å²) in [5.41, 5.74) is 4.03. The molecule has 0 aliphatic rings. The number of benzene rings is 3. The van der Waals surface area contributed by atoms with Crippen molar-refractivity contribution in [2.24, 2.45) is 0 Å². The van der Waals surface area contributed by atoms with Crippen molar-refractivity contribution in [1.29, 1.82) is 0 Å². The molecule has 0 atom stereocenters. The third-order valence-corrected chi connectivity index (χ3v) is 4.01. The van der Waals surface area contributed by atoms with E-state index in [0.717, 1.165) is 34.6 Å². The Morgan fingerprint density at radius 3 is 1.92 bits per heavy atom. The van der Waals surface area contributed by atoms with Gasteiger partial charge in [-0.15, -0.1) is 0 Å². The summed E-state index contributed by atoms with van der Waals surface area (Å²) in [6, 6.07) is 23.3. The molecule has 2 nitrogen and oxygen atoms in total. The van der Waals surface area contributed by atoms with Crippen molar-refractivity contribution in [2.75, 3.05) is 0 Å². The molecule has 1 aromatic heterocycles. The zero-order chi connectivity index (χ0) is 17.2. The number of nitrogens with zero attached hydrogens (tertiary/aromatic N) is 1. The molecular formula is C21H14F2N2. The summed E-state index contributed by atoms with van der Waals surface area (Å²) in [6.07, 6.45) is 0. The summed E-state index contributed by atoms with van der Waals surface area (Å²) < 4.78 is 26.8. The minimum absolute atomic E-state index is 0.497. The normalized spacial score (nSPS) is 10.8. The van der Waals surface area contributed by atoms with E-state index in [2.05, 4.69) is 9.97 Å². The fourth-order valence-electron chi connectivity index (χ4n) is 2.77. The number of rotatable bonds is 3. The number of H-pyrrole nitrogens is 1. The maximum Gasteiger partial charge on any atom is 0.159 e. The summed E-state index contributed by atoms with van der Waals surface area (Å²) in [5, 5.41) is 0. The van der Waals surface area contributed by atoms with Gasteiger partial charge in [0.2, 0.25) is 0 Å². The Hall–Kier alpha value is -3.27. The standard InChI is InChI=1S/C21H14F2N2/c22-17-12-11-16(13-18(17)23)21-24-19(14-7-3-1-4-8-14)20(25-21)15-9-5-2-6-10-15/h1-13H,(H,24,25). The number of hydrogen-bond donors (Lipinski definition) is 1. The number of nitrogens with one attached hydrogen (secondary N) is 1. The SMILES string of the molecule is Fc1ccc(-c2nc(-c3ccccc3)c(-c3ccccc3)[nH]2)cc1F. The van der Waals surface area contributed by atoms with Gasteiger partial charge in [-0.2, -0.15) is 0 Å². The fourth-order valence-corrected chi connectivity index (χ4v) is 2.77. The van der Waals surface area contributed by atoms with Crippen molar-refractivity contribution >= 4 is 0 Å². The van der Waals surface area contributed by atoms with Gasteiger partial charge in [0.1, 0.15) is 5.82 Å². The number of aromatic nitrogens is 2. The molecule has 1 N–H and O–H groups in total. The third kappa shape index (κ3) is 2.94. The number of aromatic amines is 1. The van der Waals surface area contributed by atoms with E-state index in [4.69, 9.17) is 0 Å². The number of imidazole rings is 1. The van der Waals surface area contributed by atoms with Crippen molar-refractivity contribution in [3.05, 3.63) is 90.5 Å². The van der Waals surface area contributed by atoms with Crippen LogP contribution in [0.25, 0.3) is 33.9 Å². The van der Waals surface area contributed by atoms with Gasteiger partial charge < -0.3 is 4.98 Å². The Morgan fingerprint density at radius 2 is 1.28 bits per heavy atom. The van der Waals surface area contributed by atoms with Gasteiger partial charge in [-0.25, -0.2) is 13.8 Å². The molecule has 0 aliphatic carbocycles. The van der Waals surface area contributed by atoms with E-state index in [1.807, 2.05) is 60.7 Å². The molecule has 0 saturated heterocycles. The summed E-state index contributed by atoms with van der Waals surface area (Å²) in [7, 11) is 0. The Labute approximate surface area is 143 Å². The smallest absolute Gasteiger partial charge is 0.159 e. The quantitative estimate of drug-likeness (QED) is 0.513. The molecule has 1 heterocycles. The van der Waals surface area contributed by atoms with Crippen LogP contribution < -0.4 is 0 Å². The Kier molecular flexibility index (Phi) is 3.86. The van der Waals surface area contributed by atoms with Gasteiger partial charge in [0.15, 0.2) is 11.6 Å². The van der Waals surface area contributed by atoms with Crippen LogP contribution in [0.2, 0.25) is 0 Å². The van der Waals surface area contributed by atoms with Crippen LogP contribution in [-0.4, -0.2) is 9.97 Å². The van der Waals surface area contributed by atoms with Crippen LogP contribution >= 0.6 is 0 Å². The lowest BCUT2D eigenvalue weighted by atomic mass is 10.1. The zero-order valence-electron chi connectivity index (χ0n) is 13.2. The molecular weight excluding hydrogens is 318 g/mol. The fraction of sp³-hybridized carbons (Fsp3) is 0. The van der Waals surface area contributed by atoms with Crippen molar-refractivity contribution in [3.63, 3.8) is 0 Å². The van der Waals surface area contributed by atoms with Crippen molar-refractivity contribution in [1.82, 2.24) is 9.97 Å². The molecule has 0 aliphatic heterocycles. The monoisotopic (exact) mass is 332 g/mol. The minimum Gasteiger partial charge on any atom is -0.337 e. The van der Waals surface area contributed by atoms with Crippen LogP contribution in [0.5, 0.6) is 0 Å². The lowest BCUT2D eigenvalue weighted by Gasteiger charge is -2.02. The molecule has 4 heteroatoms. The van der Waals surface area contributed by atoms with E-state index in [1.165, 1.54) is 6.07 Å². The van der Waals surface area contributed by atoms with Crippen molar-refractivity contribution < 1.29 is 8.78 Å².